The van der Waals surface area contributed by atoms with E-state index in [2.05, 4.69) is 10.6 Å². The first kappa shape index (κ1) is 17.6. The molecule has 3 rings (SSSR count). The SMILES string of the molecule is COC(=O)c1sc(-c2ccccc2)cc1NC(=O)Nc1ccc(F)cc1. The van der Waals surface area contributed by atoms with Crippen LogP contribution in [-0.2, 0) is 4.74 Å². The molecule has 2 amide bonds. The van der Waals surface area contributed by atoms with Gasteiger partial charge in [0, 0.05) is 10.6 Å². The quantitative estimate of drug-likeness (QED) is 0.636. The number of hydrogen-bond donors (Lipinski definition) is 2. The number of ether oxygens (including phenoxy) is 1. The molecule has 0 aliphatic carbocycles. The Morgan fingerprint density at radius 2 is 1.69 bits per heavy atom. The van der Waals surface area contributed by atoms with Crippen LogP contribution in [0.25, 0.3) is 10.4 Å². The highest BCUT2D eigenvalue weighted by atomic mass is 32.1. The van der Waals surface area contributed by atoms with E-state index in [9.17, 15) is 14.0 Å². The molecule has 0 aliphatic rings. The topological polar surface area (TPSA) is 67.4 Å². The third kappa shape index (κ3) is 4.07. The fourth-order valence-electron chi connectivity index (χ4n) is 2.29. The zero-order valence-electron chi connectivity index (χ0n) is 13.8. The monoisotopic (exact) mass is 370 g/mol. The first-order valence-electron chi connectivity index (χ1n) is 7.68. The summed E-state index contributed by atoms with van der Waals surface area (Å²) >= 11 is 1.23. The highest BCUT2D eigenvalue weighted by molar-refractivity contribution is 7.18. The van der Waals surface area contributed by atoms with Crippen LogP contribution < -0.4 is 10.6 Å². The lowest BCUT2D eigenvalue weighted by atomic mass is 10.2. The van der Waals surface area contributed by atoms with Gasteiger partial charge in [0.05, 0.1) is 12.8 Å². The van der Waals surface area contributed by atoms with Crippen LogP contribution >= 0.6 is 11.3 Å². The van der Waals surface area contributed by atoms with E-state index in [0.29, 0.717) is 16.3 Å². The molecule has 0 unspecified atom stereocenters. The second-order valence-electron chi connectivity index (χ2n) is 5.30. The van der Waals surface area contributed by atoms with Crippen LogP contribution in [0, 0.1) is 5.82 Å². The first-order chi connectivity index (χ1) is 12.6. The summed E-state index contributed by atoms with van der Waals surface area (Å²) in [6.45, 7) is 0. The van der Waals surface area contributed by atoms with Crippen molar-refractivity contribution in [2.24, 2.45) is 0 Å². The number of carbonyl (C=O) groups excluding carboxylic acids is 2. The summed E-state index contributed by atoms with van der Waals surface area (Å²) in [5, 5.41) is 5.23. The Kier molecular flexibility index (Phi) is 5.28. The van der Waals surface area contributed by atoms with Crippen LogP contribution in [0.3, 0.4) is 0 Å². The molecule has 132 valence electrons. The van der Waals surface area contributed by atoms with E-state index in [-0.39, 0.29) is 0 Å². The minimum atomic E-state index is -0.542. The average Bonchev–Trinajstić information content (AvgIpc) is 3.07. The summed E-state index contributed by atoms with van der Waals surface area (Å²) in [5.41, 5.74) is 1.71. The van der Waals surface area contributed by atoms with Gasteiger partial charge in [0.2, 0.25) is 0 Å². The average molecular weight is 370 g/mol. The van der Waals surface area contributed by atoms with E-state index in [1.54, 1.807) is 6.07 Å². The molecule has 0 aliphatic heterocycles. The molecule has 0 saturated carbocycles. The van der Waals surface area contributed by atoms with E-state index in [4.69, 9.17) is 4.74 Å². The highest BCUT2D eigenvalue weighted by Crippen LogP contribution is 2.35. The van der Waals surface area contributed by atoms with Crippen LogP contribution in [0.2, 0.25) is 0 Å². The lowest BCUT2D eigenvalue weighted by Gasteiger charge is -2.07. The van der Waals surface area contributed by atoms with Crippen molar-refractivity contribution in [1.82, 2.24) is 0 Å². The summed E-state index contributed by atoms with van der Waals surface area (Å²) in [5.74, 6) is -0.927. The maximum absolute atomic E-state index is 12.9. The molecule has 26 heavy (non-hydrogen) atoms. The van der Waals surface area contributed by atoms with Gasteiger partial charge in [0.25, 0.3) is 0 Å². The van der Waals surface area contributed by atoms with Crippen LogP contribution in [0.5, 0.6) is 0 Å². The number of methoxy groups -OCH3 is 1. The van der Waals surface area contributed by atoms with Crippen molar-refractivity contribution in [3.63, 3.8) is 0 Å². The number of nitrogens with one attached hydrogen (secondary N) is 2. The minimum Gasteiger partial charge on any atom is -0.465 e. The molecule has 0 fully saturated rings. The molecule has 0 atom stereocenters. The fraction of sp³-hybridized carbons (Fsp3) is 0.0526. The van der Waals surface area contributed by atoms with Gasteiger partial charge in [-0.3, -0.25) is 0 Å². The van der Waals surface area contributed by atoms with Crippen molar-refractivity contribution in [1.29, 1.82) is 0 Å². The Bertz CT molecular complexity index is 924. The van der Waals surface area contributed by atoms with Crippen LogP contribution in [0.15, 0.2) is 60.7 Å². The number of halogens is 1. The van der Waals surface area contributed by atoms with Crippen molar-refractivity contribution in [2.75, 3.05) is 17.7 Å². The molecule has 7 heteroatoms. The second kappa shape index (κ2) is 7.79. The zero-order chi connectivity index (χ0) is 18.5. The Labute approximate surface area is 153 Å². The first-order valence-corrected chi connectivity index (χ1v) is 8.49. The molecule has 0 saturated heterocycles. The van der Waals surface area contributed by atoms with Gasteiger partial charge in [-0.2, -0.15) is 0 Å². The molecule has 5 nitrogen and oxygen atoms in total. The van der Waals surface area contributed by atoms with Crippen LogP contribution in [-0.4, -0.2) is 19.1 Å². The van der Waals surface area contributed by atoms with E-state index in [1.807, 2.05) is 30.3 Å². The molecule has 2 N–H and O–H groups in total. The second-order valence-corrected chi connectivity index (χ2v) is 6.35. The summed E-state index contributed by atoms with van der Waals surface area (Å²) in [4.78, 5) is 25.4. The van der Waals surface area contributed by atoms with Gasteiger partial charge in [-0.05, 0) is 35.9 Å². The van der Waals surface area contributed by atoms with Crippen LogP contribution in [0.1, 0.15) is 9.67 Å². The number of hydrogen-bond acceptors (Lipinski definition) is 4. The van der Waals surface area contributed by atoms with Gasteiger partial charge in [-0.25, -0.2) is 14.0 Å². The van der Waals surface area contributed by atoms with E-state index in [0.717, 1.165) is 10.4 Å². The van der Waals surface area contributed by atoms with Gasteiger partial charge in [-0.15, -0.1) is 11.3 Å². The third-order valence-electron chi connectivity index (χ3n) is 3.51. The Morgan fingerprint density at radius 1 is 1.00 bits per heavy atom. The molecule has 1 aromatic heterocycles. The van der Waals surface area contributed by atoms with Gasteiger partial charge >= 0.3 is 12.0 Å². The lowest BCUT2D eigenvalue weighted by molar-refractivity contribution is 0.0607. The van der Waals surface area contributed by atoms with Crippen LogP contribution in [0.4, 0.5) is 20.6 Å². The van der Waals surface area contributed by atoms with Crippen molar-refractivity contribution in [3.05, 3.63) is 71.4 Å². The predicted octanol–water partition coefficient (Wildman–Crippen LogP) is 4.98. The summed E-state index contributed by atoms with van der Waals surface area (Å²) in [7, 11) is 1.28. The molecule has 0 bridgehead atoms. The summed E-state index contributed by atoms with van der Waals surface area (Å²) in [6.07, 6.45) is 0. The van der Waals surface area contributed by atoms with Crippen molar-refractivity contribution in [3.8, 4) is 10.4 Å². The molecule has 2 aromatic carbocycles. The molecule has 3 aromatic rings. The fourth-order valence-corrected chi connectivity index (χ4v) is 3.33. The number of rotatable bonds is 4. The van der Waals surface area contributed by atoms with Gasteiger partial charge < -0.3 is 15.4 Å². The standard InChI is InChI=1S/C19H15FN2O3S/c1-25-18(23)17-15(11-16(26-17)12-5-3-2-4-6-12)22-19(24)21-14-9-7-13(20)8-10-14/h2-11H,1H3,(H2,21,22,24). The number of carbonyl (C=O) groups is 2. The highest BCUT2D eigenvalue weighted by Gasteiger charge is 2.19. The van der Waals surface area contributed by atoms with Crippen molar-refractivity contribution >= 4 is 34.7 Å². The normalized spacial score (nSPS) is 10.2. The summed E-state index contributed by atoms with van der Waals surface area (Å²) < 4.78 is 17.7. The van der Waals surface area contributed by atoms with Crippen molar-refractivity contribution < 1.29 is 18.7 Å². The molecular formula is C19H15FN2O3S. The predicted molar refractivity (Wildman–Crippen MR) is 100 cm³/mol. The number of esters is 1. The Morgan fingerprint density at radius 3 is 2.35 bits per heavy atom. The Balaban J connectivity index is 1.83. The number of amides is 2. The third-order valence-corrected chi connectivity index (χ3v) is 4.68. The minimum absolute atomic E-state index is 0.292. The number of anilines is 2. The van der Waals surface area contributed by atoms with Gasteiger partial charge in [0.15, 0.2) is 0 Å². The molecule has 0 radical (unpaired) electrons. The smallest absolute Gasteiger partial charge is 0.350 e. The van der Waals surface area contributed by atoms with Crippen molar-refractivity contribution in [2.45, 2.75) is 0 Å². The largest absolute Gasteiger partial charge is 0.465 e. The van der Waals surface area contributed by atoms with E-state index >= 15 is 0 Å². The maximum atomic E-state index is 12.9. The zero-order valence-corrected chi connectivity index (χ0v) is 14.6. The molecule has 1 heterocycles. The van der Waals surface area contributed by atoms with E-state index < -0.39 is 17.8 Å². The maximum Gasteiger partial charge on any atom is 0.350 e. The van der Waals surface area contributed by atoms with E-state index in [1.165, 1.54) is 42.7 Å². The lowest BCUT2D eigenvalue weighted by Crippen LogP contribution is -2.20. The number of urea groups is 1. The number of benzene rings is 2. The van der Waals surface area contributed by atoms with Gasteiger partial charge in [0.1, 0.15) is 10.7 Å². The molecule has 0 spiro atoms. The Hall–Kier alpha value is -3.19. The summed E-state index contributed by atoms with van der Waals surface area (Å²) in [6, 6.07) is 16.1. The van der Waals surface area contributed by atoms with Gasteiger partial charge in [-0.1, -0.05) is 30.3 Å². The molecular weight excluding hydrogens is 355 g/mol. The number of thiophene rings is 1.